The van der Waals surface area contributed by atoms with Crippen LogP contribution in [0.4, 0.5) is 10.1 Å². The molecule has 0 aliphatic rings. The van der Waals surface area contributed by atoms with E-state index in [1.165, 1.54) is 12.1 Å². The molecule has 0 fully saturated rings. The lowest BCUT2D eigenvalue weighted by molar-refractivity contribution is -0.119. The zero-order valence-corrected chi connectivity index (χ0v) is 11.4. The number of benzene rings is 1. The summed E-state index contributed by atoms with van der Waals surface area (Å²) in [5, 5.41) is 7.71. The number of nitrogens with one attached hydrogen (secondary N) is 2. The third-order valence-corrected chi connectivity index (χ3v) is 3.56. The Morgan fingerprint density at radius 2 is 2.21 bits per heavy atom. The third-order valence-electron chi connectivity index (χ3n) is 2.68. The minimum Gasteiger partial charge on any atom is -0.376 e. The first-order valence-corrected chi connectivity index (χ1v) is 6.82. The van der Waals surface area contributed by atoms with Crippen molar-refractivity contribution >= 4 is 22.9 Å². The van der Waals surface area contributed by atoms with Gasteiger partial charge in [-0.2, -0.15) is 0 Å². The fourth-order valence-electron chi connectivity index (χ4n) is 1.62. The van der Waals surface area contributed by atoms with Gasteiger partial charge < -0.3 is 10.6 Å². The van der Waals surface area contributed by atoms with Crippen LogP contribution in [0.5, 0.6) is 0 Å². The van der Waals surface area contributed by atoms with E-state index in [0.29, 0.717) is 12.2 Å². The van der Waals surface area contributed by atoms with Crippen LogP contribution in [0.1, 0.15) is 10.4 Å². The first kappa shape index (κ1) is 13.5. The van der Waals surface area contributed by atoms with Gasteiger partial charge in [-0.3, -0.25) is 4.79 Å². The predicted molar refractivity (Wildman–Crippen MR) is 75.8 cm³/mol. The van der Waals surface area contributed by atoms with Crippen LogP contribution in [-0.4, -0.2) is 12.5 Å². The van der Waals surface area contributed by atoms with Gasteiger partial charge in [-0.25, -0.2) is 4.39 Å². The van der Waals surface area contributed by atoms with Crippen molar-refractivity contribution in [1.29, 1.82) is 0 Å². The van der Waals surface area contributed by atoms with Gasteiger partial charge in [0.2, 0.25) is 5.91 Å². The minimum atomic E-state index is -0.313. The smallest absolute Gasteiger partial charge is 0.239 e. The van der Waals surface area contributed by atoms with Gasteiger partial charge in [0.15, 0.2) is 0 Å². The molecule has 19 heavy (non-hydrogen) atoms. The zero-order chi connectivity index (χ0) is 13.7. The largest absolute Gasteiger partial charge is 0.376 e. The summed E-state index contributed by atoms with van der Waals surface area (Å²) < 4.78 is 13.1. The second kappa shape index (κ2) is 6.33. The van der Waals surface area contributed by atoms with E-state index in [0.717, 1.165) is 10.4 Å². The molecule has 2 rings (SSSR count). The maximum Gasteiger partial charge on any atom is 0.239 e. The number of amides is 1. The van der Waals surface area contributed by atoms with Crippen molar-refractivity contribution in [1.82, 2.24) is 5.32 Å². The highest BCUT2D eigenvalue weighted by atomic mass is 32.1. The Bertz CT molecular complexity index is 555. The summed E-state index contributed by atoms with van der Waals surface area (Å²) in [4.78, 5) is 12.8. The van der Waals surface area contributed by atoms with Crippen LogP contribution >= 0.6 is 11.3 Å². The quantitative estimate of drug-likeness (QED) is 0.883. The standard InChI is InChI=1S/C14H15FN2OS/c1-10-4-5-11(15)7-13(10)16-9-14(18)17-8-12-3-2-6-19-12/h2-7,16H,8-9H2,1H3,(H,17,18). The number of thiophene rings is 1. The number of carbonyl (C=O) groups is 1. The summed E-state index contributed by atoms with van der Waals surface area (Å²) in [6.07, 6.45) is 0. The van der Waals surface area contributed by atoms with Crippen LogP contribution in [0.2, 0.25) is 0 Å². The molecule has 0 aliphatic carbocycles. The van der Waals surface area contributed by atoms with Crippen molar-refractivity contribution in [3.05, 3.63) is 52.0 Å². The first-order valence-electron chi connectivity index (χ1n) is 5.94. The molecule has 2 N–H and O–H groups in total. The van der Waals surface area contributed by atoms with Crippen LogP contribution in [-0.2, 0) is 11.3 Å². The van der Waals surface area contributed by atoms with Crippen LogP contribution in [0, 0.1) is 12.7 Å². The van der Waals surface area contributed by atoms with Gasteiger partial charge in [-0.15, -0.1) is 11.3 Å². The summed E-state index contributed by atoms with van der Waals surface area (Å²) >= 11 is 1.60. The van der Waals surface area contributed by atoms with Crippen LogP contribution in [0.25, 0.3) is 0 Å². The molecular formula is C14H15FN2OS. The average Bonchev–Trinajstić information content (AvgIpc) is 2.90. The number of hydrogen-bond acceptors (Lipinski definition) is 3. The molecule has 1 amide bonds. The van der Waals surface area contributed by atoms with Crippen molar-refractivity contribution in [2.75, 3.05) is 11.9 Å². The van der Waals surface area contributed by atoms with Crippen molar-refractivity contribution in [3.63, 3.8) is 0 Å². The molecule has 100 valence electrons. The molecular weight excluding hydrogens is 263 g/mol. The predicted octanol–water partition coefficient (Wildman–Crippen LogP) is 2.92. The number of aryl methyl sites for hydroxylation is 1. The van der Waals surface area contributed by atoms with Gasteiger partial charge >= 0.3 is 0 Å². The molecule has 0 spiro atoms. The second-order valence-electron chi connectivity index (χ2n) is 4.17. The monoisotopic (exact) mass is 278 g/mol. The molecule has 1 aromatic carbocycles. The van der Waals surface area contributed by atoms with E-state index in [1.807, 2.05) is 24.4 Å². The number of hydrogen-bond donors (Lipinski definition) is 2. The lowest BCUT2D eigenvalue weighted by Crippen LogP contribution is -2.29. The van der Waals surface area contributed by atoms with Crippen molar-refractivity contribution in [2.24, 2.45) is 0 Å². The fourth-order valence-corrected chi connectivity index (χ4v) is 2.27. The Balaban J connectivity index is 1.81. The second-order valence-corrected chi connectivity index (χ2v) is 5.20. The molecule has 0 unspecified atom stereocenters. The molecule has 0 radical (unpaired) electrons. The van der Waals surface area contributed by atoms with E-state index >= 15 is 0 Å². The summed E-state index contributed by atoms with van der Waals surface area (Å²) in [5.74, 6) is -0.427. The van der Waals surface area contributed by atoms with E-state index in [-0.39, 0.29) is 18.3 Å². The number of rotatable bonds is 5. The fraction of sp³-hybridized carbons (Fsp3) is 0.214. The molecule has 0 saturated carbocycles. The summed E-state index contributed by atoms with van der Waals surface area (Å²) in [6, 6.07) is 8.39. The molecule has 0 aliphatic heterocycles. The van der Waals surface area contributed by atoms with Gasteiger partial charge in [0.25, 0.3) is 0 Å². The molecule has 3 nitrogen and oxygen atoms in total. The highest BCUT2D eigenvalue weighted by Crippen LogP contribution is 2.15. The Morgan fingerprint density at radius 3 is 2.95 bits per heavy atom. The highest BCUT2D eigenvalue weighted by molar-refractivity contribution is 7.09. The molecule has 0 atom stereocenters. The van der Waals surface area contributed by atoms with Crippen LogP contribution in [0.3, 0.4) is 0 Å². The first-order chi connectivity index (χ1) is 9.15. The summed E-state index contributed by atoms with van der Waals surface area (Å²) in [6.45, 7) is 2.53. The van der Waals surface area contributed by atoms with Crippen LogP contribution in [0.15, 0.2) is 35.7 Å². The molecule has 5 heteroatoms. The highest BCUT2D eigenvalue weighted by Gasteiger charge is 2.04. The third kappa shape index (κ3) is 4.06. The summed E-state index contributed by atoms with van der Waals surface area (Å²) in [7, 11) is 0. The Hall–Kier alpha value is -1.88. The maximum atomic E-state index is 13.1. The van der Waals surface area contributed by atoms with Crippen molar-refractivity contribution in [2.45, 2.75) is 13.5 Å². The van der Waals surface area contributed by atoms with Gasteiger partial charge in [-0.1, -0.05) is 12.1 Å². The summed E-state index contributed by atoms with van der Waals surface area (Å²) in [5.41, 5.74) is 1.55. The van der Waals surface area contributed by atoms with Gasteiger partial charge in [0.05, 0.1) is 13.1 Å². The zero-order valence-electron chi connectivity index (χ0n) is 10.6. The lowest BCUT2D eigenvalue weighted by Gasteiger charge is -2.09. The topological polar surface area (TPSA) is 41.1 Å². The Kier molecular flexibility index (Phi) is 4.52. The Morgan fingerprint density at radius 1 is 1.37 bits per heavy atom. The van der Waals surface area contributed by atoms with E-state index in [1.54, 1.807) is 17.4 Å². The minimum absolute atomic E-state index is 0.114. The molecule has 0 bridgehead atoms. The Labute approximate surface area is 115 Å². The van der Waals surface area contributed by atoms with Gasteiger partial charge in [0, 0.05) is 10.6 Å². The maximum absolute atomic E-state index is 13.1. The van der Waals surface area contributed by atoms with Gasteiger partial charge in [0.1, 0.15) is 5.82 Å². The lowest BCUT2D eigenvalue weighted by atomic mass is 10.2. The molecule has 1 heterocycles. The van der Waals surface area contributed by atoms with E-state index < -0.39 is 0 Å². The van der Waals surface area contributed by atoms with E-state index in [2.05, 4.69) is 10.6 Å². The number of halogens is 1. The van der Waals surface area contributed by atoms with Crippen LogP contribution < -0.4 is 10.6 Å². The normalized spacial score (nSPS) is 10.2. The molecule has 1 aromatic heterocycles. The van der Waals surface area contributed by atoms with Gasteiger partial charge in [-0.05, 0) is 36.1 Å². The van der Waals surface area contributed by atoms with E-state index in [4.69, 9.17) is 0 Å². The van der Waals surface area contributed by atoms with E-state index in [9.17, 15) is 9.18 Å². The molecule has 2 aromatic rings. The van der Waals surface area contributed by atoms with Crippen molar-refractivity contribution in [3.8, 4) is 0 Å². The SMILES string of the molecule is Cc1ccc(F)cc1NCC(=O)NCc1cccs1. The number of anilines is 1. The number of carbonyl (C=O) groups excluding carboxylic acids is 1. The average molecular weight is 278 g/mol. The van der Waals surface area contributed by atoms with Crippen molar-refractivity contribution < 1.29 is 9.18 Å². The molecule has 0 saturated heterocycles.